The van der Waals surface area contributed by atoms with Gasteiger partial charge in [0, 0.05) is 29.9 Å². The van der Waals surface area contributed by atoms with E-state index in [1.54, 1.807) is 0 Å². The van der Waals surface area contributed by atoms with Crippen LogP contribution in [-0.2, 0) is 17.4 Å². The number of rotatable bonds is 5. The molecule has 2 amide bonds. The Morgan fingerprint density at radius 3 is 2.42 bits per heavy atom. The summed E-state index contributed by atoms with van der Waals surface area (Å²) in [6.45, 7) is 0.828. The molecule has 10 heteroatoms. The van der Waals surface area contributed by atoms with E-state index in [0.29, 0.717) is 18.7 Å². The number of phenols is 1. The van der Waals surface area contributed by atoms with Gasteiger partial charge in [0.1, 0.15) is 11.6 Å². The lowest BCUT2D eigenvalue weighted by atomic mass is 10.0. The van der Waals surface area contributed by atoms with Gasteiger partial charge >= 0.3 is 6.18 Å². The molecule has 2 aromatic carbocycles. The number of nitrogen functional groups attached to an aromatic ring is 1. The molecular weight excluding hydrogens is 413 g/mol. The van der Waals surface area contributed by atoms with Gasteiger partial charge < -0.3 is 21.1 Å². The Bertz CT molecular complexity index is 1030. The zero-order valence-electron chi connectivity index (χ0n) is 16.4. The number of halogens is 3. The Balaban J connectivity index is 1.82. The van der Waals surface area contributed by atoms with Crippen LogP contribution in [0, 0.1) is 5.41 Å². The number of aromatic hydroxyl groups is 1. The molecule has 7 nitrogen and oxygen atoms in total. The molecule has 0 bridgehead atoms. The highest BCUT2D eigenvalue weighted by atomic mass is 19.4. The number of nitrogens with one attached hydrogen (secondary N) is 2. The number of benzene rings is 2. The SMILES string of the molecule is N=C(N)c1ccc(O)c(CC(=O)Nc2ccc(C(=O)N3CCCC3)c(C(F)(F)F)c2)c1. The van der Waals surface area contributed by atoms with Gasteiger partial charge in [-0.3, -0.25) is 15.0 Å². The highest BCUT2D eigenvalue weighted by Gasteiger charge is 2.37. The molecular formula is C21H21F3N4O3. The second kappa shape index (κ2) is 8.66. The Morgan fingerprint density at radius 1 is 1.13 bits per heavy atom. The van der Waals surface area contributed by atoms with E-state index < -0.39 is 29.1 Å². The molecule has 3 rings (SSSR count). The van der Waals surface area contributed by atoms with Gasteiger partial charge in [-0.2, -0.15) is 13.2 Å². The van der Waals surface area contributed by atoms with Gasteiger partial charge in [0.15, 0.2) is 0 Å². The standard InChI is InChI=1S/C21H21F3N4O3/c22-21(23,24)16-11-14(4-5-15(16)20(31)28-7-1-2-8-28)27-18(30)10-13-9-12(19(25)26)3-6-17(13)29/h3-6,9,11,29H,1-2,7-8,10H2,(H3,25,26)(H,27,30). The Kier molecular flexibility index (Phi) is 6.19. The average Bonchev–Trinajstić information content (AvgIpc) is 3.23. The second-order valence-corrected chi connectivity index (χ2v) is 7.24. The first-order valence-electron chi connectivity index (χ1n) is 9.53. The number of nitrogens with zero attached hydrogens (tertiary/aromatic N) is 1. The van der Waals surface area contributed by atoms with Gasteiger partial charge in [-0.05, 0) is 49.2 Å². The predicted octanol–water partition coefficient (Wildman–Crippen LogP) is 3.11. The number of amides is 2. The van der Waals surface area contributed by atoms with Crippen molar-refractivity contribution in [3.63, 3.8) is 0 Å². The Labute approximate surface area is 176 Å². The normalized spacial score (nSPS) is 13.8. The fraction of sp³-hybridized carbons (Fsp3) is 0.286. The van der Waals surface area contributed by atoms with Crippen molar-refractivity contribution in [1.82, 2.24) is 4.90 Å². The van der Waals surface area contributed by atoms with Crippen LogP contribution in [0.5, 0.6) is 5.75 Å². The maximum Gasteiger partial charge on any atom is 0.417 e. The molecule has 1 aliphatic rings. The van der Waals surface area contributed by atoms with E-state index in [2.05, 4.69) is 5.32 Å². The molecule has 1 saturated heterocycles. The van der Waals surface area contributed by atoms with Crippen molar-refractivity contribution in [3.8, 4) is 5.75 Å². The predicted molar refractivity (Wildman–Crippen MR) is 108 cm³/mol. The minimum absolute atomic E-state index is 0.127. The average molecular weight is 434 g/mol. The van der Waals surface area contributed by atoms with E-state index in [1.807, 2.05) is 0 Å². The minimum Gasteiger partial charge on any atom is -0.508 e. The molecule has 5 N–H and O–H groups in total. The lowest BCUT2D eigenvalue weighted by Crippen LogP contribution is -2.30. The van der Waals surface area contributed by atoms with Crippen molar-refractivity contribution >= 4 is 23.3 Å². The van der Waals surface area contributed by atoms with Crippen LogP contribution in [0.25, 0.3) is 0 Å². The summed E-state index contributed by atoms with van der Waals surface area (Å²) < 4.78 is 40.8. The minimum atomic E-state index is -4.78. The number of hydrogen-bond acceptors (Lipinski definition) is 4. The summed E-state index contributed by atoms with van der Waals surface area (Å²) in [4.78, 5) is 26.2. The van der Waals surface area contributed by atoms with Gasteiger partial charge in [-0.1, -0.05) is 0 Å². The van der Waals surface area contributed by atoms with Crippen LogP contribution in [0.2, 0.25) is 0 Å². The van der Waals surface area contributed by atoms with Crippen LogP contribution in [0.4, 0.5) is 18.9 Å². The monoisotopic (exact) mass is 434 g/mol. The molecule has 0 radical (unpaired) electrons. The third-order valence-corrected chi connectivity index (χ3v) is 4.97. The van der Waals surface area contributed by atoms with E-state index in [-0.39, 0.29) is 29.3 Å². The number of anilines is 1. The van der Waals surface area contributed by atoms with Crippen molar-refractivity contribution in [2.24, 2.45) is 5.73 Å². The lowest BCUT2D eigenvalue weighted by molar-refractivity contribution is -0.138. The molecule has 0 aliphatic carbocycles. The second-order valence-electron chi connectivity index (χ2n) is 7.24. The summed E-state index contributed by atoms with van der Waals surface area (Å²) in [7, 11) is 0. The van der Waals surface area contributed by atoms with Gasteiger partial charge in [-0.25, -0.2) is 0 Å². The van der Waals surface area contributed by atoms with Gasteiger partial charge in [0.25, 0.3) is 5.91 Å². The summed E-state index contributed by atoms with van der Waals surface area (Å²) >= 11 is 0. The van der Waals surface area contributed by atoms with Crippen LogP contribution >= 0.6 is 0 Å². The van der Waals surface area contributed by atoms with Crippen LogP contribution in [0.1, 0.15) is 39.9 Å². The van der Waals surface area contributed by atoms with Crippen LogP contribution < -0.4 is 11.1 Å². The number of carbonyl (C=O) groups is 2. The van der Waals surface area contributed by atoms with Gasteiger partial charge in [0.2, 0.25) is 5.91 Å². The van der Waals surface area contributed by atoms with Crippen LogP contribution in [0.15, 0.2) is 36.4 Å². The van der Waals surface area contributed by atoms with Crippen molar-refractivity contribution in [3.05, 3.63) is 58.7 Å². The molecule has 164 valence electrons. The molecule has 0 spiro atoms. The van der Waals surface area contributed by atoms with E-state index in [4.69, 9.17) is 11.1 Å². The number of likely N-dealkylation sites (tertiary alicyclic amines) is 1. The Morgan fingerprint density at radius 2 is 1.81 bits per heavy atom. The number of phenolic OH excluding ortho intramolecular Hbond substituents is 1. The summed E-state index contributed by atoms with van der Waals surface area (Å²) in [6.07, 6.45) is -3.62. The maximum atomic E-state index is 13.6. The molecule has 0 saturated carbocycles. The lowest BCUT2D eigenvalue weighted by Gasteiger charge is -2.19. The first-order chi connectivity index (χ1) is 14.6. The van der Waals surface area contributed by atoms with Crippen molar-refractivity contribution in [2.75, 3.05) is 18.4 Å². The van der Waals surface area contributed by atoms with Crippen molar-refractivity contribution in [2.45, 2.75) is 25.4 Å². The third-order valence-electron chi connectivity index (χ3n) is 4.97. The van der Waals surface area contributed by atoms with E-state index in [9.17, 15) is 27.9 Å². The zero-order chi connectivity index (χ0) is 22.8. The number of amidine groups is 1. The molecule has 0 aromatic heterocycles. The molecule has 2 aromatic rings. The smallest absolute Gasteiger partial charge is 0.417 e. The topological polar surface area (TPSA) is 120 Å². The molecule has 1 fully saturated rings. The molecule has 0 unspecified atom stereocenters. The van der Waals surface area contributed by atoms with Gasteiger partial charge in [0.05, 0.1) is 17.5 Å². The van der Waals surface area contributed by atoms with Crippen molar-refractivity contribution in [1.29, 1.82) is 5.41 Å². The highest BCUT2D eigenvalue weighted by Crippen LogP contribution is 2.35. The first-order valence-corrected chi connectivity index (χ1v) is 9.53. The quantitative estimate of drug-likeness (QED) is 0.427. The fourth-order valence-electron chi connectivity index (χ4n) is 3.41. The van der Waals surface area contributed by atoms with Crippen LogP contribution in [0.3, 0.4) is 0 Å². The van der Waals surface area contributed by atoms with Crippen molar-refractivity contribution < 1.29 is 27.9 Å². The maximum absolute atomic E-state index is 13.6. The van der Waals surface area contributed by atoms with E-state index >= 15 is 0 Å². The van der Waals surface area contributed by atoms with E-state index in [0.717, 1.165) is 25.0 Å². The number of carbonyl (C=O) groups excluding carboxylic acids is 2. The molecule has 31 heavy (non-hydrogen) atoms. The molecule has 0 atom stereocenters. The van der Waals surface area contributed by atoms with Crippen LogP contribution in [-0.4, -0.2) is 40.7 Å². The number of hydrogen-bond donors (Lipinski definition) is 4. The Hall–Kier alpha value is -3.56. The fourth-order valence-corrected chi connectivity index (χ4v) is 3.41. The summed E-state index contributed by atoms with van der Waals surface area (Å²) in [5, 5.41) is 19.7. The molecule has 1 aliphatic heterocycles. The summed E-state index contributed by atoms with van der Waals surface area (Å²) in [5.41, 5.74) is 4.15. The molecule has 1 heterocycles. The number of nitrogens with two attached hydrogens (primary N) is 1. The zero-order valence-corrected chi connectivity index (χ0v) is 16.4. The largest absolute Gasteiger partial charge is 0.508 e. The summed E-state index contributed by atoms with van der Waals surface area (Å²) in [6, 6.07) is 7.07. The van der Waals surface area contributed by atoms with Gasteiger partial charge in [-0.15, -0.1) is 0 Å². The highest BCUT2D eigenvalue weighted by molar-refractivity contribution is 5.98. The summed E-state index contributed by atoms with van der Waals surface area (Å²) in [5.74, 6) is -1.83. The van der Waals surface area contributed by atoms with E-state index in [1.165, 1.54) is 29.2 Å². The first kappa shape index (κ1) is 22.1. The third kappa shape index (κ3) is 5.14. The number of alkyl halides is 3.